The quantitative estimate of drug-likeness (QED) is 0.484. The highest BCUT2D eigenvalue weighted by atomic mass is 19.2. The Kier molecular flexibility index (Phi) is 2.66. The van der Waals surface area contributed by atoms with Crippen LogP contribution >= 0.6 is 0 Å². The van der Waals surface area contributed by atoms with E-state index in [1.54, 1.807) is 0 Å². The predicted molar refractivity (Wildman–Crippen MR) is 48.7 cm³/mol. The molecule has 1 aliphatic carbocycles. The molecule has 16 heavy (non-hydrogen) atoms. The second kappa shape index (κ2) is 3.73. The van der Waals surface area contributed by atoms with Crippen LogP contribution in [-0.2, 0) is 6.42 Å². The number of halogens is 4. The highest BCUT2D eigenvalue weighted by molar-refractivity contribution is 5.24. The molecule has 0 radical (unpaired) electrons. The molecular weight excluding hydrogens is 224 g/mol. The molecule has 0 aliphatic heterocycles. The Morgan fingerprint density at radius 2 is 1.69 bits per heavy atom. The van der Waals surface area contributed by atoms with Crippen molar-refractivity contribution in [3.05, 3.63) is 34.9 Å². The molecule has 1 aromatic rings. The molecule has 0 aromatic heterocycles. The molecule has 0 atom stereocenters. The van der Waals surface area contributed by atoms with Crippen LogP contribution in [0.15, 0.2) is 6.07 Å². The molecule has 0 amide bonds. The molecule has 0 heterocycles. The molecule has 1 aromatic carbocycles. The van der Waals surface area contributed by atoms with Gasteiger partial charge in [0.15, 0.2) is 23.3 Å². The lowest BCUT2D eigenvalue weighted by molar-refractivity contribution is 0.209. The maximum Gasteiger partial charge on any atom is 0.197 e. The van der Waals surface area contributed by atoms with Gasteiger partial charge in [0.2, 0.25) is 0 Å². The van der Waals surface area contributed by atoms with Crippen LogP contribution in [0.2, 0.25) is 0 Å². The Morgan fingerprint density at radius 1 is 1.06 bits per heavy atom. The molecule has 0 spiro atoms. The number of benzene rings is 1. The van der Waals surface area contributed by atoms with Crippen molar-refractivity contribution in [2.24, 2.45) is 5.41 Å². The number of rotatable bonds is 3. The van der Waals surface area contributed by atoms with Gasteiger partial charge in [0.25, 0.3) is 0 Å². The second-order valence-electron chi connectivity index (χ2n) is 4.29. The summed E-state index contributed by atoms with van der Waals surface area (Å²) >= 11 is 0. The SMILES string of the molecule is OCC1(Cc2cc(F)c(F)c(F)c2F)CC1. The van der Waals surface area contributed by atoms with E-state index in [-0.39, 0.29) is 18.6 Å². The van der Waals surface area contributed by atoms with Crippen LogP contribution in [0.3, 0.4) is 0 Å². The Hall–Kier alpha value is -1.10. The van der Waals surface area contributed by atoms with E-state index in [1.807, 2.05) is 0 Å². The normalized spacial score (nSPS) is 17.6. The van der Waals surface area contributed by atoms with Gasteiger partial charge in [0, 0.05) is 6.61 Å². The van der Waals surface area contributed by atoms with E-state index >= 15 is 0 Å². The van der Waals surface area contributed by atoms with E-state index < -0.39 is 28.7 Å². The van der Waals surface area contributed by atoms with E-state index in [1.165, 1.54) is 0 Å². The van der Waals surface area contributed by atoms with Crippen LogP contribution in [0.1, 0.15) is 18.4 Å². The van der Waals surface area contributed by atoms with Gasteiger partial charge >= 0.3 is 0 Å². The lowest BCUT2D eigenvalue weighted by Crippen LogP contribution is -2.13. The first kappa shape index (κ1) is 11.4. The number of aliphatic hydroxyl groups is 1. The van der Waals surface area contributed by atoms with E-state index in [0.717, 1.165) is 0 Å². The minimum atomic E-state index is -1.80. The van der Waals surface area contributed by atoms with Crippen molar-refractivity contribution in [3.8, 4) is 0 Å². The van der Waals surface area contributed by atoms with Crippen LogP contribution in [-0.4, -0.2) is 11.7 Å². The van der Waals surface area contributed by atoms with Crippen LogP contribution in [0.5, 0.6) is 0 Å². The van der Waals surface area contributed by atoms with Gasteiger partial charge in [-0.2, -0.15) is 0 Å². The third-order valence-corrected chi connectivity index (χ3v) is 3.04. The summed E-state index contributed by atoms with van der Waals surface area (Å²) in [5.74, 6) is -6.35. The average Bonchev–Trinajstić information content (AvgIpc) is 3.04. The molecule has 0 bridgehead atoms. The van der Waals surface area contributed by atoms with Gasteiger partial charge in [0.1, 0.15) is 0 Å². The summed E-state index contributed by atoms with van der Waals surface area (Å²) in [5, 5.41) is 9.02. The average molecular weight is 234 g/mol. The summed E-state index contributed by atoms with van der Waals surface area (Å²) in [7, 11) is 0. The topological polar surface area (TPSA) is 20.2 Å². The van der Waals surface area contributed by atoms with Crippen molar-refractivity contribution in [3.63, 3.8) is 0 Å². The van der Waals surface area contributed by atoms with Crippen LogP contribution in [0.4, 0.5) is 17.6 Å². The lowest BCUT2D eigenvalue weighted by atomic mass is 9.97. The van der Waals surface area contributed by atoms with Crippen molar-refractivity contribution in [1.29, 1.82) is 0 Å². The summed E-state index contributed by atoms with van der Waals surface area (Å²) in [6.45, 7) is -0.160. The zero-order chi connectivity index (χ0) is 11.9. The summed E-state index contributed by atoms with van der Waals surface area (Å²) < 4.78 is 51.7. The summed E-state index contributed by atoms with van der Waals surface area (Å²) in [6.07, 6.45) is 1.40. The van der Waals surface area contributed by atoms with Gasteiger partial charge < -0.3 is 5.11 Å². The summed E-state index contributed by atoms with van der Waals surface area (Å²) in [5.41, 5.74) is -0.694. The summed E-state index contributed by atoms with van der Waals surface area (Å²) in [6, 6.07) is 0.656. The Bertz CT molecular complexity index is 426. The standard InChI is InChI=1S/C11H10F4O/c12-7-3-6(4-11(5-16)1-2-11)8(13)10(15)9(7)14/h3,16H,1-2,4-5H2. The van der Waals surface area contributed by atoms with Crippen molar-refractivity contribution in [1.82, 2.24) is 0 Å². The first-order chi connectivity index (χ1) is 7.49. The minimum absolute atomic E-state index is 0.0312. The van der Waals surface area contributed by atoms with Crippen molar-refractivity contribution >= 4 is 0 Å². The Balaban J connectivity index is 2.35. The summed E-state index contributed by atoms with van der Waals surface area (Å²) in [4.78, 5) is 0. The van der Waals surface area contributed by atoms with Crippen LogP contribution in [0, 0.1) is 28.7 Å². The van der Waals surface area contributed by atoms with E-state index in [2.05, 4.69) is 0 Å². The highest BCUT2D eigenvalue weighted by Crippen LogP contribution is 2.48. The molecule has 1 nitrogen and oxygen atoms in total. The molecule has 88 valence electrons. The Labute approximate surface area is 89.7 Å². The van der Waals surface area contributed by atoms with Gasteiger partial charge in [-0.25, -0.2) is 17.6 Å². The third-order valence-electron chi connectivity index (χ3n) is 3.04. The fraction of sp³-hybridized carbons (Fsp3) is 0.455. The number of hydrogen-bond donors (Lipinski definition) is 1. The van der Waals surface area contributed by atoms with Crippen LogP contribution < -0.4 is 0 Å². The first-order valence-corrected chi connectivity index (χ1v) is 4.92. The monoisotopic (exact) mass is 234 g/mol. The molecule has 1 aliphatic rings. The van der Waals surface area contributed by atoms with Gasteiger partial charge in [-0.15, -0.1) is 0 Å². The molecule has 0 saturated heterocycles. The zero-order valence-corrected chi connectivity index (χ0v) is 8.36. The highest BCUT2D eigenvalue weighted by Gasteiger charge is 2.42. The van der Waals surface area contributed by atoms with Gasteiger partial charge in [0.05, 0.1) is 0 Å². The largest absolute Gasteiger partial charge is 0.396 e. The predicted octanol–water partition coefficient (Wildman–Crippen LogP) is 2.56. The zero-order valence-electron chi connectivity index (χ0n) is 8.36. The molecule has 1 fully saturated rings. The molecule has 5 heteroatoms. The second-order valence-corrected chi connectivity index (χ2v) is 4.29. The van der Waals surface area contributed by atoms with Gasteiger partial charge in [-0.1, -0.05) is 0 Å². The van der Waals surface area contributed by atoms with E-state index in [4.69, 9.17) is 5.11 Å². The van der Waals surface area contributed by atoms with E-state index in [0.29, 0.717) is 18.9 Å². The maximum absolute atomic E-state index is 13.3. The molecule has 2 rings (SSSR count). The van der Waals surface area contributed by atoms with Gasteiger partial charge in [-0.3, -0.25) is 0 Å². The van der Waals surface area contributed by atoms with Crippen molar-refractivity contribution in [2.75, 3.05) is 6.61 Å². The first-order valence-electron chi connectivity index (χ1n) is 4.92. The Morgan fingerprint density at radius 3 is 2.19 bits per heavy atom. The maximum atomic E-state index is 13.3. The molecule has 1 N–H and O–H groups in total. The third kappa shape index (κ3) is 1.80. The van der Waals surface area contributed by atoms with Crippen LogP contribution in [0.25, 0.3) is 0 Å². The lowest BCUT2D eigenvalue weighted by Gasteiger charge is -2.12. The molecular formula is C11H10F4O. The fourth-order valence-electron chi connectivity index (χ4n) is 1.72. The van der Waals surface area contributed by atoms with E-state index in [9.17, 15) is 17.6 Å². The van der Waals surface area contributed by atoms with Crippen molar-refractivity contribution in [2.45, 2.75) is 19.3 Å². The molecule has 1 saturated carbocycles. The fourth-order valence-corrected chi connectivity index (χ4v) is 1.72. The number of aliphatic hydroxyl groups excluding tert-OH is 1. The van der Waals surface area contributed by atoms with Gasteiger partial charge in [-0.05, 0) is 36.3 Å². The number of hydrogen-bond acceptors (Lipinski definition) is 1. The van der Waals surface area contributed by atoms with Crippen molar-refractivity contribution < 1.29 is 22.7 Å². The molecule has 0 unspecified atom stereocenters. The smallest absolute Gasteiger partial charge is 0.197 e. The minimum Gasteiger partial charge on any atom is -0.396 e.